The Hall–Kier alpha value is -2.61. The van der Waals surface area contributed by atoms with E-state index in [4.69, 9.17) is 9.94 Å². The lowest BCUT2D eigenvalue weighted by Crippen LogP contribution is -2.42. The van der Waals surface area contributed by atoms with Gasteiger partial charge in [0.05, 0.1) is 0 Å². The van der Waals surface area contributed by atoms with Gasteiger partial charge in [0.1, 0.15) is 11.8 Å². The standard InChI is InChI=1S/C20H30N4O4/c1-14(22-18(25)11-21-27)12-24-9-5-6-15-7-8-17(10-16(15)13-24)23-19(26)28-20(2,3)4/h7-8,10-11,14,27H,5-6,9,12-13H2,1-4H3,(H,22,25)(H,23,26)/b21-11-/t14-/m0/s1. The van der Waals surface area contributed by atoms with Crippen LogP contribution in [0.15, 0.2) is 23.4 Å². The summed E-state index contributed by atoms with van der Waals surface area (Å²) < 4.78 is 5.31. The summed E-state index contributed by atoms with van der Waals surface area (Å²) in [5, 5.41) is 16.7. The highest BCUT2D eigenvalue weighted by Crippen LogP contribution is 2.23. The van der Waals surface area contributed by atoms with E-state index in [-0.39, 0.29) is 6.04 Å². The molecule has 0 aromatic heterocycles. The number of carbonyl (C=O) groups excluding carboxylic acids is 2. The highest BCUT2D eigenvalue weighted by atomic mass is 16.6. The molecule has 1 aromatic carbocycles. The number of rotatable bonds is 5. The van der Waals surface area contributed by atoms with Gasteiger partial charge in [-0.1, -0.05) is 11.2 Å². The summed E-state index contributed by atoms with van der Waals surface area (Å²) in [6, 6.07) is 5.85. The highest BCUT2D eigenvalue weighted by Gasteiger charge is 2.19. The van der Waals surface area contributed by atoms with E-state index in [1.165, 1.54) is 5.56 Å². The van der Waals surface area contributed by atoms with Crippen LogP contribution in [-0.4, -0.2) is 53.1 Å². The lowest BCUT2D eigenvalue weighted by molar-refractivity contribution is -0.115. The molecule has 0 spiro atoms. The van der Waals surface area contributed by atoms with E-state index >= 15 is 0 Å². The van der Waals surface area contributed by atoms with E-state index in [2.05, 4.69) is 26.8 Å². The second kappa shape index (κ2) is 9.54. The van der Waals surface area contributed by atoms with Gasteiger partial charge in [0.25, 0.3) is 5.91 Å². The largest absolute Gasteiger partial charge is 0.444 e. The highest BCUT2D eigenvalue weighted by molar-refractivity contribution is 6.26. The maximum Gasteiger partial charge on any atom is 0.412 e. The summed E-state index contributed by atoms with van der Waals surface area (Å²) in [7, 11) is 0. The molecule has 1 heterocycles. The number of oxime groups is 1. The lowest BCUT2D eigenvalue weighted by Gasteiger charge is -2.25. The number of hydrogen-bond donors (Lipinski definition) is 3. The third kappa shape index (κ3) is 7.19. The van der Waals surface area contributed by atoms with Gasteiger partial charge in [0.2, 0.25) is 0 Å². The molecular weight excluding hydrogens is 360 g/mol. The Balaban J connectivity index is 2.01. The Labute approximate surface area is 165 Å². The zero-order valence-electron chi connectivity index (χ0n) is 17.0. The van der Waals surface area contributed by atoms with Crippen molar-refractivity contribution in [3.63, 3.8) is 0 Å². The first-order chi connectivity index (χ1) is 13.2. The minimum atomic E-state index is -0.548. The summed E-state index contributed by atoms with van der Waals surface area (Å²) in [5.74, 6) is -0.422. The molecule has 0 saturated carbocycles. The summed E-state index contributed by atoms with van der Waals surface area (Å²) >= 11 is 0. The SMILES string of the molecule is C[C@@H](CN1CCCc2ccc(NC(=O)OC(C)(C)C)cc2C1)NC(=O)/C=N\O. The van der Waals surface area contributed by atoms with Crippen molar-refractivity contribution >= 4 is 23.9 Å². The summed E-state index contributed by atoms with van der Waals surface area (Å²) in [5.41, 5.74) is 2.58. The molecule has 0 radical (unpaired) electrons. The molecule has 0 bridgehead atoms. The van der Waals surface area contributed by atoms with Crippen LogP contribution in [0.1, 0.15) is 45.2 Å². The van der Waals surface area contributed by atoms with Crippen molar-refractivity contribution in [3.05, 3.63) is 29.3 Å². The van der Waals surface area contributed by atoms with Gasteiger partial charge in [-0.15, -0.1) is 0 Å². The predicted molar refractivity (Wildman–Crippen MR) is 108 cm³/mol. The van der Waals surface area contributed by atoms with Gasteiger partial charge in [-0.3, -0.25) is 15.0 Å². The van der Waals surface area contributed by atoms with Crippen LogP contribution in [-0.2, 0) is 22.5 Å². The first-order valence-corrected chi connectivity index (χ1v) is 9.48. The van der Waals surface area contributed by atoms with Gasteiger partial charge in [-0.2, -0.15) is 0 Å². The van der Waals surface area contributed by atoms with Gasteiger partial charge in [-0.05, 0) is 70.3 Å². The molecule has 28 heavy (non-hydrogen) atoms. The van der Waals surface area contributed by atoms with E-state index < -0.39 is 17.6 Å². The number of ether oxygens (including phenoxy) is 1. The Bertz CT molecular complexity index is 727. The quantitative estimate of drug-likeness (QED) is 0.407. The Morgan fingerprint density at radius 1 is 1.36 bits per heavy atom. The molecule has 154 valence electrons. The second-order valence-corrected chi connectivity index (χ2v) is 8.10. The molecule has 8 heteroatoms. The zero-order chi connectivity index (χ0) is 20.7. The molecule has 3 N–H and O–H groups in total. The second-order valence-electron chi connectivity index (χ2n) is 8.10. The van der Waals surface area contributed by atoms with E-state index in [0.29, 0.717) is 12.2 Å². The van der Waals surface area contributed by atoms with Gasteiger partial charge >= 0.3 is 6.09 Å². The van der Waals surface area contributed by atoms with Crippen molar-refractivity contribution in [2.24, 2.45) is 5.16 Å². The lowest BCUT2D eigenvalue weighted by atomic mass is 10.0. The molecule has 1 atom stereocenters. The van der Waals surface area contributed by atoms with Crippen LogP contribution in [0.5, 0.6) is 0 Å². The van der Waals surface area contributed by atoms with Gasteiger partial charge in [0.15, 0.2) is 0 Å². The Kier molecular flexibility index (Phi) is 7.39. The minimum Gasteiger partial charge on any atom is -0.444 e. The van der Waals surface area contributed by atoms with Gasteiger partial charge in [0, 0.05) is 24.8 Å². The fourth-order valence-corrected chi connectivity index (χ4v) is 3.25. The summed E-state index contributed by atoms with van der Waals surface area (Å²) in [4.78, 5) is 25.8. The Morgan fingerprint density at radius 2 is 2.11 bits per heavy atom. The van der Waals surface area contributed by atoms with Crippen LogP contribution in [0.2, 0.25) is 0 Å². The maximum atomic E-state index is 12.0. The van der Waals surface area contributed by atoms with Crippen molar-refractivity contribution < 1.29 is 19.5 Å². The number of carbonyl (C=O) groups is 2. The smallest absolute Gasteiger partial charge is 0.412 e. The van der Waals surface area contributed by atoms with E-state index in [1.54, 1.807) is 0 Å². The monoisotopic (exact) mass is 390 g/mol. The number of aryl methyl sites for hydroxylation is 1. The number of anilines is 1. The fourth-order valence-electron chi connectivity index (χ4n) is 3.25. The third-order valence-electron chi connectivity index (χ3n) is 4.26. The van der Waals surface area contributed by atoms with Gasteiger partial charge in [-0.25, -0.2) is 4.79 Å². The number of benzene rings is 1. The van der Waals surface area contributed by atoms with Crippen molar-refractivity contribution in [2.45, 2.75) is 58.7 Å². The Morgan fingerprint density at radius 3 is 2.79 bits per heavy atom. The average molecular weight is 390 g/mol. The maximum absolute atomic E-state index is 12.0. The molecule has 2 amide bonds. The first-order valence-electron chi connectivity index (χ1n) is 9.48. The van der Waals surface area contributed by atoms with Crippen LogP contribution in [0.25, 0.3) is 0 Å². The number of nitrogens with zero attached hydrogens (tertiary/aromatic N) is 2. The molecule has 0 unspecified atom stereocenters. The van der Waals surface area contributed by atoms with E-state index in [0.717, 1.165) is 37.7 Å². The van der Waals surface area contributed by atoms with Crippen LogP contribution >= 0.6 is 0 Å². The number of nitrogens with one attached hydrogen (secondary N) is 2. The normalized spacial score (nSPS) is 16.1. The molecular formula is C20H30N4O4. The van der Waals surface area contributed by atoms with Crippen LogP contribution in [0.3, 0.4) is 0 Å². The molecule has 0 fully saturated rings. The van der Waals surface area contributed by atoms with E-state index in [1.807, 2.05) is 39.8 Å². The zero-order valence-corrected chi connectivity index (χ0v) is 17.0. The summed E-state index contributed by atoms with van der Waals surface area (Å²) in [6.07, 6.45) is 2.36. The molecule has 0 saturated heterocycles. The van der Waals surface area contributed by atoms with Crippen molar-refractivity contribution in [1.29, 1.82) is 0 Å². The first kappa shape index (κ1) is 21.7. The van der Waals surface area contributed by atoms with Crippen molar-refractivity contribution in [1.82, 2.24) is 10.2 Å². The molecule has 0 aliphatic carbocycles. The van der Waals surface area contributed by atoms with E-state index in [9.17, 15) is 9.59 Å². The molecule has 1 aliphatic heterocycles. The minimum absolute atomic E-state index is 0.0879. The third-order valence-corrected chi connectivity index (χ3v) is 4.26. The van der Waals surface area contributed by atoms with Crippen LogP contribution < -0.4 is 10.6 Å². The molecule has 1 aromatic rings. The molecule has 1 aliphatic rings. The fraction of sp³-hybridized carbons (Fsp3) is 0.550. The van der Waals surface area contributed by atoms with Crippen molar-refractivity contribution in [3.8, 4) is 0 Å². The summed E-state index contributed by atoms with van der Waals surface area (Å²) in [6.45, 7) is 9.71. The topological polar surface area (TPSA) is 103 Å². The van der Waals surface area contributed by atoms with Crippen molar-refractivity contribution in [2.75, 3.05) is 18.4 Å². The van der Waals surface area contributed by atoms with Gasteiger partial charge < -0.3 is 15.3 Å². The predicted octanol–water partition coefficient (Wildman–Crippen LogP) is 2.75. The number of fused-ring (bicyclic) bond motifs is 1. The average Bonchev–Trinajstić information content (AvgIpc) is 2.74. The van der Waals surface area contributed by atoms with Crippen LogP contribution in [0, 0.1) is 0 Å². The number of amides is 2. The van der Waals surface area contributed by atoms with Crippen LogP contribution in [0.4, 0.5) is 10.5 Å². The number of hydrogen-bond acceptors (Lipinski definition) is 6. The molecule has 2 rings (SSSR count). The molecule has 8 nitrogen and oxygen atoms in total.